The van der Waals surface area contributed by atoms with E-state index < -0.39 is 23.5 Å². The van der Waals surface area contributed by atoms with Crippen LogP contribution in [-0.4, -0.2) is 36.4 Å². The molecule has 1 fully saturated rings. The fraction of sp³-hybridized carbons (Fsp3) is 0.138. The molecule has 0 spiro atoms. The summed E-state index contributed by atoms with van der Waals surface area (Å²) in [5, 5.41) is 20.6. The molecule has 1 saturated heterocycles. The number of pyridine rings is 1. The first-order chi connectivity index (χ1) is 20.2. The number of nitrogens with zero attached hydrogens (tertiary/aromatic N) is 5. The summed E-state index contributed by atoms with van der Waals surface area (Å²) >= 11 is 14.8. The van der Waals surface area contributed by atoms with Gasteiger partial charge in [0.1, 0.15) is 17.2 Å². The Bertz CT molecular complexity index is 1940. The summed E-state index contributed by atoms with van der Waals surface area (Å²) in [6.45, 7) is 3.65. The summed E-state index contributed by atoms with van der Waals surface area (Å²) in [5.41, 5.74) is 3.00. The van der Waals surface area contributed by atoms with E-state index in [2.05, 4.69) is 15.2 Å². The molecule has 13 heteroatoms. The van der Waals surface area contributed by atoms with E-state index in [0.29, 0.717) is 32.6 Å². The summed E-state index contributed by atoms with van der Waals surface area (Å²) in [4.78, 5) is 32.9. The van der Waals surface area contributed by atoms with Crippen LogP contribution in [0.1, 0.15) is 34.1 Å². The fourth-order valence-corrected chi connectivity index (χ4v) is 6.98. The first-order valence-corrected chi connectivity index (χ1v) is 15.1. The molecule has 212 valence electrons. The van der Waals surface area contributed by atoms with E-state index >= 15 is 0 Å². The average molecular weight is 641 g/mol. The van der Waals surface area contributed by atoms with Crippen molar-refractivity contribution in [1.29, 1.82) is 0 Å². The van der Waals surface area contributed by atoms with Gasteiger partial charge in [0.25, 0.3) is 5.78 Å². The van der Waals surface area contributed by atoms with Crippen molar-refractivity contribution >= 4 is 74.5 Å². The molecule has 0 aliphatic carbocycles. The van der Waals surface area contributed by atoms with Crippen LogP contribution in [0.25, 0.3) is 11.4 Å². The number of fused-ring (bicyclic) bond motifs is 1. The molecule has 1 atom stereocenters. The van der Waals surface area contributed by atoms with Crippen LogP contribution in [0.3, 0.4) is 0 Å². The van der Waals surface area contributed by atoms with Crippen LogP contribution >= 0.6 is 46.3 Å². The topological polar surface area (TPSA) is 101 Å². The summed E-state index contributed by atoms with van der Waals surface area (Å²) in [6, 6.07) is 13.8. The Kier molecular flexibility index (Phi) is 7.52. The maximum atomic E-state index is 14.1. The monoisotopic (exact) mass is 639 g/mol. The standard InChI is InChI=1S/C29H20Cl2FN5O3S2/c1-14-6-5-11-36-15(2)22(33-26(14)36)24(38)21-23(16-9-10-18(30)19(31)12-16)37(27(40)25(21)39)28-34-35-29(42-28)41-13-17-7-3-4-8-20(17)32/h3-12,23,38H,13H2,1-2H3/b24-21+. The fourth-order valence-electron chi connectivity index (χ4n) is 4.81. The molecule has 6 rings (SSSR count). The Morgan fingerprint density at radius 2 is 1.86 bits per heavy atom. The second kappa shape index (κ2) is 11.1. The predicted octanol–water partition coefficient (Wildman–Crippen LogP) is 7.17. The van der Waals surface area contributed by atoms with Gasteiger partial charge in [-0.3, -0.25) is 14.5 Å². The Morgan fingerprint density at radius 3 is 2.60 bits per heavy atom. The van der Waals surface area contributed by atoms with Crippen molar-refractivity contribution in [2.45, 2.75) is 30.0 Å². The van der Waals surface area contributed by atoms with E-state index in [9.17, 15) is 19.1 Å². The Hall–Kier alpha value is -3.77. The van der Waals surface area contributed by atoms with Crippen molar-refractivity contribution in [3.05, 3.63) is 110 Å². The van der Waals surface area contributed by atoms with Crippen molar-refractivity contribution in [3.8, 4) is 0 Å². The quantitative estimate of drug-likeness (QED) is 0.0691. The molecular weight excluding hydrogens is 620 g/mol. The number of halogens is 3. The molecule has 1 unspecified atom stereocenters. The van der Waals surface area contributed by atoms with Gasteiger partial charge in [-0.05, 0) is 54.8 Å². The van der Waals surface area contributed by atoms with Gasteiger partial charge in [0.15, 0.2) is 10.1 Å². The van der Waals surface area contributed by atoms with Crippen LogP contribution in [-0.2, 0) is 15.3 Å². The highest BCUT2D eigenvalue weighted by atomic mass is 35.5. The van der Waals surface area contributed by atoms with Gasteiger partial charge in [-0.25, -0.2) is 9.37 Å². The minimum Gasteiger partial charge on any atom is -0.505 e. The third-order valence-corrected chi connectivity index (χ3v) is 9.77. The van der Waals surface area contributed by atoms with Crippen molar-refractivity contribution in [3.63, 3.8) is 0 Å². The first-order valence-electron chi connectivity index (χ1n) is 12.6. The number of aliphatic hydroxyl groups is 1. The van der Waals surface area contributed by atoms with Gasteiger partial charge in [0.05, 0.1) is 27.4 Å². The number of imidazole rings is 1. The number of aliphatic hydroxyl groups excluding tert-OH is 1. The van der Waals surface area contributed by atoms with Gasteiger partial charge >= 0.3 is 5.91 Å². The Labute approximate surface area is 257 Å². The van der Waals surface area contributed by atoms with E-state index in [-0.39, 0.29) is 32.3 Å². The molecule has 1 aliphatic heterocycles. The van der Waals surface area contributed by atoms with Crippen molar-refractivity contribution < 1.29 is 19.1 Å². The number of anilines is 1. The minimum absolute atomic E-state index is 0.130. The molecule has 1 aliphatic rings. The predicted molar refractivity (Wildman–Crippen MR) is 162 cm³/mol. The van der Waals surface area contributed by atoms with Crippen LogP contribution in [0, 0.1) is 19.7 Å². The van der Waals surface area contributed by atoms with Crippen molar-refractivity contribution in [1.82, 2.24) is 19.6 Å². The lowest BCUT2D eigenvalue weighted by Gasteiger charge is -2.22. The number of thioether (sulfide) groups is 1. The van der Waals surface area contributed by atoms with Gasteiger partial charge in [-0.1, -0.05) is 76.6 Å². The zero-order valence-corrected chi connectivity index (χ0v) is 25.2. The molecule has 0 bridgehead atoms. The number of amides is 1. The maximum Gasteiger partial charge on any atom is 0.301 e. The van der Waals surface area contributed by atoms with Crippen molar-refractivity contribution in [2.24, 2.45) is 0 Å². The smallest absolute Gasteiger partial charge is 0.301 e. The van der Waals surface area contributed by atoms with Crippen LogP contribution in [0.15, 0.2) is 70.7 Å². The van der Waals surface area contributed by atoms with Gasteiger partial charge in [-0.2, -0.15) is 0 Å². The third-order valence-electron chi connectivity index (χ3n) is 6.92. The Balaban J connectivity index is 1.46. The summed E-state index contributed by atoms with van der Waals surface area (Å²) in [5.74, 6) is -2.27. The number of hydrogen-bond donors (Lipinski definition) is 1. The Morgan fingerprint density at radius 1 is 1.07 bits per heavy atom. The summed E-state index contributed by atoms with van der Waals surface area (Å²) in [7, 11) is 0. The SMILES string of the molecule is Cc1cccn2c(C)c(/C(O)=C3\C(=O)C(=O)N(c4nnc(SCc5ccccc5F)s4)C3c3ccc(Cl)c(Cl)c3)nc12. The third kappa shape index (κ3) is 4.86. The lowest BCUT2D eigenvalue weighted by atomic mass is 9.96. The van der Waals surface area contributed by atoms with Gasteiger partial charge in [-0.15, -0.1) is 10.2 Å². The molecule has 0 saturated carbocycles. The average Bonchev–Trinajstić information content (AvgIpc) is 3.65. The number of Topliss-reactive ketones (excluding diaryl/α,β-unsaturated/α-hetero) is 1. The molecule has 3 aromatic heterocycles. The highest BCUT2D eigenvalue weighted by molar-refractivity contribution is 8.00. The van der Waals surface area contributed by atoms with E-state index in [1.54, 1.807) is 47.9 Å². The number of rotatable bonds is 6. The van der Waals surface area contributed by atoms with E-state index in [1.165, 1.54) is 28.8 Å². The molecule has 4 heterocycles. The normalized spacial score (nSPS) is 16.6. The lowest BCUT2D eigenvalue weighted by molar-refractivity contribution is -0.132. The van der Waals surface area contributed by atoms with Gasteiger partial charge in [0, 0.05) is 11.9 Å². The molecule has 1 amide bonds. The van der Waals surface area contributed by atoms with Gasteiger partial charge in [0.2, 0.25) is 5.13 Å². The van der Waals surface area contributed by atoms with Crippen LogP contribution in [0.4, 0.5) is 9.52 Å². The lowest BCUT2D eigenvalue weighted by Crippen LogP contribution is -2.29. The molecule has 2 aromatic carbocycles. The summed E-state index contributed by atoms with van der Waals surface area (Å²) in [6.07, 6.45) is 1.80. The maximum absolute atomic E-state index is 14.1. The molecule has 0 radical (unpaired) electrons. The number of benzene rings is 2. The molecule has 1 N–H and O–H groups in total. The highest BCUT2D eigenvalue weighted by Gasteiger charge is 2.49. The zero-order chi connectivity index (χ0) is 29.7. The first kappa shape index (κ1) is 28.4. The molecule has 5 aromatic rings. The van der Waals surface area contributed by atoms with Crippen LogP contribution in [0.2, 0.25) is 10.0 Å². The van der Waals surface area contributed by atoms with E-state index in [1.807, 2.05) is 19.1 Å². The second-order valence-electron chi connectivity index (χ2n) is 9.50. The van der Waals surface area contributed by atoms with Gasteiger partial charge < -0.3 is 9.51 Å². The van der Waals surface area contributed by atoms with E-state index in [4.69, 9.17) is 23.2 Å². The minimum atomic E-state index is -1.09. The molecular formula is C29H20Cl2FN5O3S2. The largest absolute Gasteiger partial charge is 0.505 e. The van der Waals surface area contributed by atoms with Crippen molar-refractivity contribution in [2.75, 3.05) is 4.90 Å². The number of carbonyl (C=O) groups is 2. The summed E-state index contributed by atoms with van der Waals surface area (Å²) < 4.78 is 16.4. The molecule has 42 heavy (non-hydrogen) atoms. The number of ketones is 1. The second-order valence-corrected chi connectivity index (χ2v) is 12.5. The number of hydrogen-bond acceptors (Lipinski definition) is 8. The molecule has 8 nitrogen and oxygen atoms in total. The van der Waals surface area contributed by atoms with E-state index in [0.717, 1.165) is 16.9 Å². The zero-order valence-electron chi connectivity index (χ0n) is 22.0. The van der Waals surface area contributed by atoms with Crippen LogP contribution in [0.5, 0.6) is 0 Å². The number of aryl methyl sites for hydroxylation is 2. The number of carbonyl (C=O) groups excluding carboxylic acids is 2. The highest BCUT2D eigenvalue weighted by Crippen LogP contribution is 2.45. The van der Waals surface area contributed by atoms with Crippen LogP contribution < -0.4 is 4.90 Å². The number of aromatic nitrogens is 4.